The Morgan fingerprint density at radius 2 is 1.84 bits per heavy atom. The smallest absolute Gasteiger partial charge is 0.244 e. The van der Waals surface area contributed by atoms with Crippen molar-refractivity contribution < 1.29 is 18.3 Å². The lowest BCUT2D eigenvalue weighted by atomic mass is 9.96. The van der Waals surface area contributed by atoms with Crippen molar-refractivity contribution in [2.75, 3.05) is 7.11 Å². The Morgan fingerprint density at radius 1 is 1.12 bits per heavy atom. The zero-order valence-corrected chi connectivity index (χ0v) is 18.2. The predicted molar refractivity (Wildman–Crippen MR) is 125 cm³/mol. The number of halogens is 1. The topological polar surface area (TPSA) is 51.5 Å². The maximum atomic E-state index is 13.1. The third-order valence-corrected chi connectivity index (χ3v) is 5.49. The van der Waals surface area contributed by atoms with Gasteiger partial charge in [-0.3, -0.25) is 4.79 Å². The second-order valence-electron chi connectivity index (χ2n) is 7.65. The normalized spacial score (nSPS) is 11.6. The molecule has 0 saturated carbocycles. The van der Waals surface area contributed by atoms with Crippen molar-refractivity contribution in [3.63, 3.8) is 0 Å². The number of carbonyl (C=O) groups excluding carboxylic acids is 1. The lowest BCUT2D eigenvalue weighted by Crippen LogP contribution is -2.20. The first-order valence-corrected chi connectivity index (χ1v) is 10.3. The summed E-state index contributed by atoms with van der Waals surface area (Å²) in [7, 11) is 1.61. The first-order valence-electron chi connectivity index (χ1n) is 10.3. The van der Waals surface area contributed by atoms with Crippen LogP contribution in [0.3, 0.4) is 0 Å². The molecule has 1 amide bonds. The molecule has 1 N–H and O–H groups in total. The molecule has 162 valence electrons. The van der Waals surface area contributed by atoms with Gasteiger partial charge in [-0.2, -0.15) is 0 Å². The van der Waals surface area contributed by atoms with Gasteiger partial charge in [-0.15, -0.1) is 0 Å². The van der Waals surface area contributed by atoms with Crippen molar-refractivity contribution in [1.29, 1.82) is 0 Å². The van der Waals surface area contributed by atoms with Crippen molar-refractivity contribution in [3.05, 3.63) is 95.5 Å². The Labute approximate surface area is 186 Å². The molecule has 4 aromatic rings. The summed E-state index contributed by atoms with van der Waals surface area (Å²) in [6, 6.07) is 18.1. The van der Waals surface area contributed by atoms with E-state index in [1.54, 1.807) is 31.6 Å². The van der Waals surface area contributed by atoms with Crippen molar-refractivity contribution in [1.82, 2.24) is 5.32 Å². The third kappa shape index (κ3) is 4.28. The molecular formula is C27H24FNO3. The number of rotatable bonds is 6. The second-order valence-corrected chi connectivity index (χ2v) is 7.65. The van der Waals surface area contributed by atoms with Crippen molar-refractivity contribution in [3.8, 4) is 16.9 Å². The molecule has 0 unspecified atom stereocenters. The number of carbonyl (C=O) groups is 1. The van der Waals surface area contributed by atoms with Crippen LogP contribution in [-0.2, 0) is 11.3 Å². The van der Waals surface area contributed by atoms with E-state index in [2.05, 4.69) is 5.32 Å². The van der Waals surface area contributed by atoms with Crippen LogP contribution in [0.1, 0.15) is 23.6 Å². The van der Waals surface area contributed by atoms with E-state index in [0.717, 1.165) is 44.4 Å². The summed E-state index contributed by atoms with van der Waals surface area (Å²) in [6.07, 6.45) is 3.31. The number of allylic oxidation sites excluding steroid dienone is 1. The van der Waals surface area contributed by atoms with Gasteiger partial charge in [-0.05, 0) is 48.7 Å². The van der Waals surface area contributed by atoms with E-state index in [-0.39, 0.29) is 11.7 Å². The fourth-order valence-electron chi connectivity index (χ4n) is 3.83. The predicted octanol–water partition coefficient (Wildman–Crippen LogP) is 6.28. The van der Waals surface area contributed by atoms with Gasteiger partial charge in [-0.1, -0.05) is 42.5 Å². The molecular weight excluding hydrogens is 405 g/mol. The number of fused-ring (bicyclic) bond motifs is 1. The van der Waals surface area contributed by atoms with Crippen molar-refractivity contribution in [2.24, 2.45) is 0 Å². The summed E-state index contributed by atoms with van der Waals surface area (Å²) in [5.41, 5.74) is 6.10. The summed E-state index contributed by atoms with van der Waals surface area (Å²) in [5.74, 6) is 0.136. The summed E-state index contributed by atoms with van der Waals surface area (Å²) >= 11 is 0. The summed E-state index contributed by atoms with van der Waals surface area (Å²) in [5, 5.41) is 3.81. The minimum absolute atomic E-state index is 0.234. The van der Waals surface area contributed by atoms with Gasteiger partial charge in [0.15, 0.2) is 0 Å². The molecule has 4 rings (SSSR count). The zero-order valence-electron chi connectivity index (χ0n) is 18.2. The van der Waals surface area contributed by atoms with Crippen LogP contribution < -0.4 is 10.1 Å². The van der Waals surface area contributed by atoms with Crippen LogP contribution in [0, 0.1) is 12.7 Å². The molecule has 0 saturated heterocycles. The number of benzene rings is 3. The van der Waals surface area contributed by atoms with Gasteiger partial charge in [0, 0.05) is 34.7 Å². The highest BCUT2D eigenvalue weighted by molar-refractivity contribution is 6.01. The standard InChI is InChI=1S/C27H24FNO3/c1-17(13-25(30)29-15-19-9-11-21(28)12-10-19)22-14-23-24(20-7-5-4-6-8-20)16-32-27(23)18(2)26(22)31-3/h4-14,16H,15H2,1-3H3,(H,29,30)/b17-13+. The van der Waals surface area contributed by atoms with Crippen molar-refractivity contribution in [2.45, 2.75) is 20.4 Å². The number of hydrogen-bond donors (Lipinski definition) is 1. The lowest BCUT2D eigenvalue weighted by molar-refractivity contribution is -0.116. The van der Waals surface area contributed by atoms with Gasteiger partial charge in [0.2, 0.25) is 5.91 Å². The number of furan rings is 1. The molecule has 5 heteroatoms. The minimum Gasteiger partial charge on any atom is -0.496 e. The second kappa shape index (κ2) is 9.10. The number of ether oxygens (including phenoxy) is 1. The first kappa shape index (κ1) is 21.4. The molecule has 0 fully saturated rings. The summed E-state index contributed by atoms with van der Waals surface area (Å²) in [4.78, 5) is 12.5. The summed E-state index contributed by atoms with van der Waals surface area (Å²) < 4.78 is 24.6. The Hall–Kier alpha value is -3.86. The Balaban J connectivity index is 1.67. The van der Waals surface area contributed by atoms with E-state index in [9.17, 15) is 9.18 Å². The van der Waals surface area contributed by atoms with Crippen molar-refractivity contribution >= 4 is 22.4 Å². The number of amides is 1. The molecule has 1 heterocycles. The van der Waals surface area contributed by atoms with E-state index in [1.165, 1.54) is 12.1 Å². The van der Waals surface area contributed by atoms with Crippen LogP contribution in [0.15, 0.2) is 77.4 Å². The molecule has 32 heavy (non-hydrogen) atoms. The highest BCUT2D eigenvalue weighted by atomic mass is 19.1. The minimum atomic E-state index is -0.303. The maximum Gasteiger partial charge on any atom is 0.244 e. The fraction of sp³-hybridized carbons (Fsp3) is 0.148. The number of hydrogen-bond acceptors (Lipinski definition) is 3. The molecule has 1 aromatic heterocycles. The van der Waals surface area contributed by atoms with Gasteiger partial charge in [0.05, 0.1) is 13.4 Å². The molecule has 0 bridgehead atoms. The van der Waals surface area contributed by atoms with Crippen LogP contribution in [0.4, 0.5) is 4.39 Å². The Kier molecular flexibility index (Phi) is 6.08. The molecule has 0 aliphatic heterocycles. The molecule has 0 atom stereocenters. The van der Waals surface area contributed by atoms with Crippen LogP contribution in [0.2, 0.25) is 0 Å². The average Bonchev–Trinajstić information content (AvgIpc) is 3.23. The molecule has 0 spiro atoms. The quantitative estimate of drug-likeness (QED) is 0.367. The van der Waals surface area contributed by atoms with Crippen LogP contribution in [0.25, 0.3) is 27.7 Å². The number of aryl methyl sites for hydroxylation is 1. The molecule has 4 nitrogen and oxygen atoms in total. The molecule has 0 aliphatic rings. The van der Waals surface area contributed by atoms with Gasteiger partial charge in [-0.25, -0.2) is 4.39 Å². The average molecular weight is 429 g/mol. The van der Waals surface area contributed by atoms with E-state index >= 15 is 0 Å². The van der Waals surface area contributed by atoms with Gasteiger partial charge < -0.3 is 14.5 Å². The van der Waals surface area contributed by atoms with Crippen LogP contribution >= 0.6 is 0 Å². The van der Waals surface area contributed by atoms with E-state index in [4.69, 9.17) is 9.15 Å². The zero-order chi connectivity index (χ0) is 22.7. The van der Waals surface area contributed by atoms with Gasteiger partial charge >= 0.3 is 0 Å². The summed E-state index contributed by atoms with van der Waals surface area (Å²) in [6.45, 7) is 4.14. The van der Waals surface area contributed by atoms with Gasteiger partial charge in [0.25, 0.3) is 0 Å². The first-order chi connectivity index (χ1) is 15.5. The van der Waals surface area contributed by atoms with E-state index in [0.29, 0.717) is 12.3 Å². The molecule has 0 radical (unpaired) electrons. The number of nitrogens with one attached hydrogen (secondary N) is 1. The van der Waals surface area contributed by atoms with Gasteiger partial charge in [0.1, 0.15) is 17.1 Å². The molecule has 3 aromatic carbocycles. The fourth-order valence-corrected chi connectivity index (χ4v) is 3.83. The number of methoxy groups -OCH3 is 1. The van der Waals surface area contributed by atoms with E-state index in [1.807, 2.05) is 50.2 Å². The largest absolute Gasteiger partial charge is 0.496 e. The maximum absolute atomic E-state index is 13.1. The Morgan fingerprint density at radius 3 is 2.53 bits per heavy atom. The SMILES string of the molecule is COc1c(/C(C)=C/C(=O)NCc2ccc(F)cc2)cc2c(-c3ccccc3)coc2c1C. The highest BCUT2D eigenvalue weighted by Crippen LogP contribution is 2.40. The monoisotopic (exact) mass is 429 g/mol. The molecule has 0 aliphatic carbocycles. The highest BCUT2D eigenvalue weighted by Gasteiger charge is 2.18. The van der Waals surface area contributed by atoms with E-state index < -0.39 is 0 Å². The lowest BCUT2D eigenvalue weighted by Gasteiger charge is -2.13. The third-order valence-electron chi connectivity index (χ3n) is 5.49. The van der Waals surface area contributed by atoms with Crippen LogP contribution in [-0.4, -0.2) is 13.0 Å². The Bertz CT molecular complexity index is 1290. The van der Waals surface area contributed by atoms with Crippen LogP contribution in [0.5, 0.6) is 5.75 Å².